The molecule has 0 aromatic carbocycles. The average molecular weight is 305 g/mol. The zero-order valence-electron chi connectivity index (χ0n) is 12.6. The Kier molecular flexibility index (Phi) is 4.42. The van der Waals surface area contributed by atoms with E-state index in [9.17, 15) is 9.90 Å². The monoisotopic (exact) mass is 305 g/mol. The van der Waals surface area contributed by atoms with Crippen LogP contribution in [0.5, 0.6) is 0 Å². The molecular formula is C15H23N5O2. The maximum absolute atomic E-state index is 11.6. The fourth-order valence-electron chi connectivity index (χ4n) is 2.83. The van der Waals surface area contributed by atoms with Gasteiger partial charge in [-0.15, -0.1) is 0 Å². The number of amides is 1. The van der Waals surface area contributed by atoms with Crippen molar-refractivity contribution in [1.29, 1.82) is 0 Å². The second-order valence-corrected chi connectivity index (χ2v) is 6.28. The number of aliphatic hydroxyl groups is 1. The summed E-state index contributed by atoms with van der Waals surface area (Å²) >= 11 is 0. The molecular weight excluding hydrogens is 282 g/mol. The Morgan fingerprint density at radius 2 is 1.82 bits per heavy atom. The molecule has 7 nitrogen and oxygen atoms in total. The van der Waals surface area contributed by atoms with Gasteiger partial charge in [-0.25, -0.2) is 4.98 Å². The molecule has 0 aliphatic heterocycles. The topological polar surface area (TPSA) is 113 Å². The van der Waals surface area contributed by atoms with Gasteiger partial charge in [-0.05, 0) is 44.4 Å². The van der Waals surface area contributed by atoms with Crippen molar-refractivity contribution in [3.63, 3.8) is 0 Å². The molecule has 1 amide bonds. The van der Waals surface area contributed by atoms with Crippen LogP contribution in [0.1, 0.15) is 48.9 Å². The third kappa shape index (κ3) is 3.65. The molecule has 2 saturated carbocycles. The second-order valence-electron chi connectivity index (χ2n) is 6.28. The summed E-state index contributed by atoms with van der Waals surface area (Å²) in [6, 6.07) is 0.705. The Balaban J connectivity index is 1.70. The van der Waals surface area contributed by atoms with Crippen molar-refractivity contribution in [2.75, 3.05) is 17.2 Å². The quantitative estimate of drug-likeness (QED) is 0.626. The number of aromatic nitrogens is 2. The Morgan fingerprint density at radius 3 is 2.41 bits per heavy atom. The van der Waals surface area contributed by atoms with Gasteiger partial charge in [0.2, 0.25) is 5.95 Å². The van der Waals surface area contributed by atoms with E-state index < -0.39 is 5.91 Å². The van der Waals surface area contributed by atoms with E-state index in [2.05, 4.69) is 20.6 Å². The maximum atomic E-state index is 11.6. The van der Waals surface area contributed by atoms with E-state index in [1.54, 1.807) is 0 Å². The van der Waals surface area contributed by atoms with Crippen molar-refractivity contribution in [3.8, 4) is 0 Å². The van der Waals surface area contributed by atoms with Crippen molar-refractivity contribution in [3.05, 3.63) is 11.8 Å². The van der Waals surface area contributed by atoms with Crippen LogP contribution in [0.4, 0.5) is 11.8 Å². The number of carbonyl (C=O) groups is 1. The predicted molar refractivity (Wildman–Crippen MR) is 83.6 cm³/mol. The molecule has 0 spiro atoms. The van der Waals surface area contributed by atoms with Crippen molar-refractivity contribution in [2.24, 2.45) is 11.7 Å². The van der Waals surface area contributed by atoms with Crippen molar-refractivity contribution in [1.82, 2.24) is 9.97 Å². The van der Waals surface area contributed by atoms with E-state index in [0.29, 0.717) is 29.3 Å². The molecule has 0 saturated heterocycles. The van der Waals surface area contributed by atoms with Crippen LogP contribution in [0, 0.1) is 5.92 Å². The van der Waals surface area contributed by atoms with Gasteiger partial charge in [0, 0.05) is 24.9 Å². The van der Waals surface area contributed by atoms with Crippen LogP contribution in [0.15, 0.2) is 6.20 Å². The fraction of sp³-hybridized carbons (Fsp3) is 0.667. The standard InChI is InChI=1S/C15H23N5O2/c16-13(22)12-7-17-15(19-11-5-6-11)20-14(12)18-10-3-1-9(8-21)2-4-10/h7,9-11,21H,1-6,8H2,(H2,16,22)(H2,17,18,19,20). The zero-order valence-corrected chi connectivity index (χ0v) is 12.6. The molecule has 5 N–H and O–H groups in total. The molecule has 2 fully saturated rings. The Morgan fingerprint density at radius 1 is 1.18 bits per heavy atom. The molecule has 0 radical (unpaired) electrons. The number of primary amides is 1. The summed E-state index contributed by atoms with van der Waals surface area (Å²) in [6.45, 7) is 0.252. The molecule has 0 bridgehead atoms. The van der Waals surface area contributed by atoms with E-state index in [4.69, 9.17) is 5.73 Å². The van der Waals surface area contributed by atoms with Crippen molar-refractivity contribution < 1.29 is 9.90 Å². The predicted octanol–water partition coefficient (Wildman–Crippen LogP) is 1.11. The third-order valence-electron chi connectivity index (χ3n) is 4.41. The first-order chi connectivity index (χ1) is 10.7. The molecule has 3 rings (SSSR count). The normalized spacial score (nSPS) is 24.8. The number of carbonyl (C=O) groups excluding carboxylic acids is 1. The minimum absolute atomic E-state index is 0.252. The number of nitrogens with one attached hydrogen (secondary N) is 2. The van der Waals surface area contributed by atoms with Crippen molar-refractivity contribution >= 4 is 17.7 Å². The van der Waals surface area contributed by atoms with Gasteiger partial charge < -0.3 is 21.5 Å². The second kappa shape index (κ2) is 6.48. The molecule has 0 atom stereocenters. The lowest BCUT2D eigenvalue weighted by Gasteiger charge is -2.28. The number of hydrogen-bond donors (Lipinski definition) is 4. The lowest BCUT2D eigenvalue weighted by atomic mass is 9.86. The Labute approximate surface area is 129 Å². The summed E-state index contributed by atoms with van der Waals surface area (Å²) in [7, 11) is 0. The summed E-state index contributed by atoms with van der Waals surface area (Å²) in [5.41, 5.74) is 5.74. The first kappa shape index (κ1) is 15.0. The van der Waals surface area contributed by atoms with Gasteiger partial charge in [-0.3, -0.25) is 4.79 Å². The molecule has 1 aromatic heterocycles. The van der Waals surface area contributed by atoms with Crippen LogP contribution in [0.2, 0.25) is 0 Å². The van der Waals surface area contributed by atoms with Crippen LogP contribution in [0.25, 0.3) is 0 Å². The van der Waals surface area contributed by atoms with E-state index in [0.717, 1.165) is 38.5 Å². The smallest absolute Gasteiger partial charge is 0.254 e. The van der Waals surface area contributed by atoms with E-state index in [1.807, 2.05) is 0 Å². The Hall–Kier alpha value is -1.89. The number of hydrogen-bond acceptors (Lipinski definition) is 6. The maximum Gasteiger partial charge on any atom is 0.254 e. The highest BCUT2D eigenvalue weighted by Crippen LogP contribution is 2.28. The fourth-order valence-corrected chi connectivity index (χ4v) is 2.83. The molecule has 0 unspecified atom stereocenters. The minimum Gasteiger partial charge on any atom is -0.396 e. The minimum atomic E-state index is -0.524. The van der Waals surface area contributed by atoms with E-state index >= 15 is 0 Å². The number of nitrogens with two attached hydrogens (primary N) is 1. The lowest BCUT2D eigenvalue weighted by molar-refractivity contribution is 0.100. The third-order valence-corrected chi connectivity index (χ3v) is 4.41. The summed E-state index contributed by atoms with van der Waals surface area (Å²) in [6.07, 6.45) is 7.64. The van der Waals surface area contributed by atoms with Gasteiger partial charge >= 0.3 is 0 Å². The van der Waals surface area contributed by atoms with Gasteiger partial charge in [0.1, 0.15) is 5.82 Å². The van der Waals surface area contributed by atoms with Crippen LogP contribution < -0.4 is 16.4 Å². The number of rotatable bonds is 6. The molecule has 7 heteroatoms. The molecule has 1 heterocycles. The van der Waals surface area contributed by atoms with Gasteiger partial charge in [0.15, 0.2) is 0 Å². The SMILES string of the molecule is NC(=O)c1cnc(NC2CC2)nc1NC1CCC(CO)CC1. The highest BCUT2D eigenvalue weighted by atomic mass is 16.3. The van der Waals surface area contributed by atoms with Gasteiger partial charge in [0.25, 0.3) is 5.91 Å². The highest BCUT2D eigenvalue weighted by Gasteiger charge is 2.25. The number of aliphatic hydroxyl groups excluding tert-OH is 1. The molecule has 2 aliphatic carbocycles. The Bertz CT molecular complexity index is 539. The molecule has 22 heavy (non-hydrogen) atoms. The first-order valence-corrected chi connectivity index (χ1v) is 7.96. The van der Waals surface area contributed by atoms with E-state index in [-0.39, 0.29) is 12.6 Å². The van der Waals surface area contributed by atoms with Gasteiger partial charge in [-0.1, -0.05) is 0 Å². The zero-order chi connectivity index (χ0) is 15.5. The van der Waals surface area contributed by atoms with Gasteiger partial charge in [-0.2, -0.15) is 4.98 Å². The van der Waals surface area contributed by atoms with Gasteiger partial charge in [0.05, 0.1) is 5.56 Å². The first-order valence-electron chi connectivity index (χ1n) is 7.96. The average Bonchev–Trinajstić information content (AvgIpc) is 3.32. The summed E-state index contributed by atoms with van der Waals surface area (Å²) < 4.78 is 0. The van der Waals surface area contributed by atoms with Crippen LogP contribution in [0.3, 0.4) is 0 Å². The number of nitrogens with zero attached hydrogens (tertiary/aromatic N) is 2. The van der Waals surface area contributed by atoms with E-state index in [1.165, 1.54) is 6.20 Å². The summed E-state index contributed by atoms with van der Waals surface area (Å²) in [5.74, 6) is 0.924. The largest absolute Gasteiger partial charge is 0.396 e. The molecule has 2 aliphatic rings. The summed E-state index contributed by atoms with van der Waals surface area (Å²) in [4.78, 5) is 20.1. The number of anilines is 2. The summed E-state index contributed by atoms with van der Waals surface area (Å²) in [5, 5.41) is 15.8. The van der Waals surface area contributed by atoms with Crippen LogP contribution >= 0.6 is 0 Å². The molecule has 1 aromatic rings. The highest BCUT2D eigenvalue weighted by molar-refractivity contribution is 5.97. The van der Waals surface area contributed by atoms with Crippen molar-refractivity contribution in [2.45, 2.75) is 50.6 Å². The van der Waals surface area contributed by atoms with Crippen LogP contribution in [-0.4, -0.2) is 39.7 Å². The lowest BCUT2D eigenvalue weighted by Crippen LogP contribution is -2.29. The molecule has 120 valence electrons. The van der Waals surface area contributed by atoms with Crippen LogP contribution in [-0.2, 0) is 0 Å².